The molecule has 0 amide bonds. The predicted molar refractivity (Wildman–Crippen MR) is 66.5 cm³/mol. The quantitative estimate of drug-likeness (QED) is 0.660. The SMILES string of the molecule is CCC(=O)C1(C)Oc2ccccc2C(O)C1[N+](=O)[O-]. The van der Waals surface area contributed by atoms with Gasteiger partial charge in [0.2, 0.25) is 5.60 Å². The lowest BCUT2D eigenvalue weighted by Crippen LogP contribution is -2.59. The van der Waals surface area contributed by atoms with E-state index in [-0.39, 0.29) is 6.42 Å². The largest absolute Gasteiger partial charge is 0.472 e. The molecule has 6 nitrogen and oxygen atoms in total. The first kappa shape index (κ1) is 13.5. The van der Waals surface area contributed by atoms with Crippen LogP contribution in [0, 0.1) is 10.1 Å². The number of carbonyl (C=O) groups is 1. The van der Waals surface area contributed by atoms with Gasteiger partial charge >= 0.3 is 0 Å². The van der Waals surface area contributed by atoms with E-state index in [1.165, 1.54) is 6.92 Å². The van der Waals surface area contributed by atoms with Crippen LogP contribution in [0.25, 0.3) is 0 Å². The number of fused-ring (bicyclic) bond motifs is 1. The lowest BCUT2D eigenvalue weighted by Gasteiger charge is -2.38. The zero-order chi connectivity index (χ0) is 14.2. The minimum atomic E-state index is -1.65. The van der Waals surface area contributed by atoms with Gasteiger partial charge in [-0.05, 0) is 13.0 Å². The number of rotatable bonds is 3. The van der Waals surface area contributed by atoms with Crippen molar-refractivity contribution >= 4 is 5.78 Å². The Morgan fingerprint density at radius 3 is 2.74 bits per heavy atom. The third kappa shape index (κ3) is 1.98. The van der Waals surface area contributed by atoms with E-state index in [1.807, 2.05) is 0 Å². The number of nitro groups is 1. The topological polar surface area (TPSA) is 89.7 Å². The van der Waals surface area contributed by atoms with Crippen molar-refractivity contribution in [3.05, 3.63) is 39.9 Å². The fourth-order valence-electron chi connectivity index (χ4n) is 2.47. The van der Waals surface area contributed by atoms with Gasteiger partial charge in [-0.2, -0.15) is 0 Å². The highest BCUT2D eigenvalue weighted by atomic mass is 16.6. The minimum Gasteiger partial charge on any atom is -0.472 e. The molecule has 0 aromatic heterocycles. The molecule has 0 saturated heterocycles. The summed E-state index contributed by atoms with van der Waals surface area (Å²) in [6.07, 6.45) is -1.25. The van der Waals surface area contributed by atoms with Crippen molar-refractivity contribution in [1.82, 2.24) is 0 Å². The number of Topliss-reactive ketones (excluding diaryl/α,β-unsaturated/α-hetero) is 1. The van der Waals surface area contributed by atoms with Crippen LogP contribution in [0.5, 0.6) is 5.75 Å². The number of hydrogen-bond acceptors (Lipinski definition) is 5. The summed E-state index contributed by atoms with van der Waals surface area (Å²) < 4.78 is 5.57. The maximum absolute atomic E-state index is 12.0. The lowest BCUT2D eigenvalue weighted by molar-refractivity contribution is -0.553. The monoisotopic (exact) mass is 265 g/mol. The Kier molecular flexibility index (Phi) is 3.28. The molecule has 3 atom stereocenters. The molecule has 1 heterocycles. The number of nitrogens with zero attached hydrogens (tertiary/aromatic N) is 1. The second-order valence-electron chi connectivity index (χ2n) is 4.70. The van der Waals surface area contributed by atoms with Crippen molar-refractivity contribution in [2.24, 2.45) is 0 Å². The molecular weight excluding hydrogens is 250 g/mol. The predicted octanol–water partition coefficient (Wildman–Crippen LogP) is 1.50. The number of aliphatic hydroxyl groups excluding tert-OH is 1. The molecule has 1 aromatic rings. The summed E-state index contributed by atoms with van der Waals surface area (Å²) in [4.78, 5) is 22.6. The lowest BCUT2D eigenvalue weighted by atomic mass is 9.81. The van der Waals surface area contributed by atoms with E-state index < -0.39 is 28.5 Å². The number of ketones is 1. The van der Waals surface area contributed by atoms with Crippen LogP contribution in [0.4, 0.5) is 0 Å². The summed E-state index contributed by atoms with van der Waals surface area (Å²) in [6.45, 7) is 2.98. The number of benzene rings is 1. The Morgan fingerprint density at radius 1 is 1.53 bits per heavy atom. The van der Waals surface area contributed by atoms with E-state index in [2.05, 4.69) is 0 Å². The smallest absolute Gasteiger partial charge is 0.288 e. The molecule has 0 spiro atoms. The van der Waals surface area contributed by atoms with Crippen molar-refractivity contribution in [2.45, 2.75) is 38.0 Å². The normalized spacial score (nSPS) is 29.2. The summed E-state index contributed by atoms with van der Waals surface area (Å²) in [7, 11) is 0. The molecule has 6 heteroatoms. The molecule has 0 radical (unpaired) electrons. The van der Waals surface area contributed by atoms with E-state index in [0.29, 0.717) is 11.3 Å². The van der Waals surface area contributed by atoms with Crippen molar-refractivity contribution in [1.29, 1.82) is 0 Å². The van der Waals surface area contributed by atoms with Gasteiger partial charge in [-0.15, -0.1) is 0 Å². The van der Waals surface area contributed by atoms with Gasteiger partial charge in [0, 0.05) is 16.9 Å². The molecule has 1 N–H and O–H groups in total. The maximum atomic E-state index is 12.0. The average Bonchev–Trinajstić information content (AvgIpc) is 2.37. The fraction of sp³-hybridized carbons (Fsp3) is 0.462. The van der Waals surface area contributed by atoms with Crippen LogP contribution in [0.3, 0.4) is 0 Å². The van der Waals surface area contributed by atoms with Crippen molar-refractivity contribution in [2.75, 3.05) is 0 Å². The van der Waals surface area contributed by atoms with Gasteiger partial charge in [0.25, 0.3) is 6.04 Å². The van der Waals surface area contributed by atoms with E-state index in [4.69, 9.17) is 4.74 Å². The zero-order valence-corrected chi connectivity index (χ0v) is 10.7. The van der Waals surface area contributed by atoms with E-state index in [0.717, 1.165) is 0 Å². The van der Waals surface area contributed by atoms with Crippen LogP contribution in [0.15, 0.2) is 24.3 Å². The van der Waals surface area contributed by atoms with E-state index in [1.54, 1.807) is 31.2 Å². The van der Waals surface area contributed by atoms with Gasteiger partial charge in [-0.25, -0.2) is 0 Å². The summed E-state index contributed by atoms with van der Waals surface area (Å²) in [6, 6.07) is 5.00. The molecule has 3 unspecified atom stereocenters. The first-order valence-electron chi connectivity index (χ1n) is 6.04. The highest BCUT2D eigenvalue weighted by Gasteiger charge is 2.58. The number of hydrogen-bond donors (Lipinski definition) is 1. The Balaban J connectivity index is 2.57. The molecule has 0 bridgehead atoms. The third-order valence-electron chi connectivity index (χ3n) is 3.52. The Labute approximate surface area is 110 Å². The van der Waals surface area contributed by atoms with Crippen molar-refractivity contribution in [3.8, 4) is 5.75 Å². The molecule has 1 aliphatic rings. The van der Waals surface area contributed by atoms with E-state index in [9.17, 15) is 20.0 Å². The summed E-state index contributed by atoms with van der Waals surface area (Å²) in [5, 5.41) is 21.4. The van der Waals surface area contributed by atoms with Crippen LogP contribution in [0.2, 0.25) is 0 Å². The second kappa shape index (κ2) is 4.62. The molecule has 102 valence electrons. The van der Waals surface area contributed by atoms with Gasteiger partial charge in [0.15, 0.2) is 11.9 Å². The Bertz CT molecular complexity index is 530. The van der Waals surface area contributed by atoms with Crippen molar-refractivity contribution < 1.29 is 19.6 Å². The molecule has 1 aromatic carbocycles. The number of aliphatic hydroxyl groups is 1. The summed E-state index contributed by atoms with van der Waals surface area (Å²) in [5.41, 5.74) is -1.31. The number of para-hydroxylation sites is 1. The molecule has 0 aliphatic carbocycles. The highest BCUT2D eigenvalue weighted by molar-refractivity contribution is 5.88. The maximum Gasteiger partial charge on any atom is 0.288 e. The van der Waals surface area contributed by atoms with Gasteiger partial charge in [0.05, 0.1) is 0 Å². The van der Waals surface area contributed by atoms with E-state index >= 15 is 0 Å². The van der Waals surface area contributed by atoms with Crippen LogP contribution in [0.1, 0.15) is 31.9 Å². The van der Waals surface area contributed by atoms with Crippen molar-refractivity contribution in [3.63, 3.8) is 0 Å². The van der Waals surface area contributed by atoms with Crippen LogP contribution >= 0.6 is 0 Å². The summed E-state index contributed by atoms with van der Waals surface area (Å²) in [5.74, 6) is -0.0832. The molecule has 19 heavy (non-hydrogen) atoms. The van der Waals surface area contributed by atoms with Crippen LogP contribution < -0.4 is 4.74 Å². The van der Waals surface area contributed by atoms with Crippen LogP contribution in [-0.2, 0) is 4.79 Å². The Morgan fingerprint density at radius 2 is 2.16 bits per heavy atom. The second-order valence-corrected chi connectivity index (χ2v) is 4.70. The minimum absolute atomic E-state index is 0.107. The zero-order valence-electron chi connectivity index (χ0n) is 10.7. The van der Waals surface area contributed by atoms with Gasteiger partial charge in [-0.1, -0.05) is 25.1 Å². The standard InChI is InChI=1S/C13H15NO5/c1-3-10(15)13(2)12(14(17)18)11(16)8-6-4-5-7-9(8)19-13/h4-7,11-12,16H,3H2,1-2H3. The summed E-state index contributed by atoms with van der Waals surface area (Å²) >= 11 is 0. The molecular formula is C13H15NO5. The number of ether oxygens (including phenoxy) is 1. The first-order chi connectivity index (χ1) is 8.91. The molecule has 1 aliphatic heterocycles. The highest BCUT2D eigenvalue weighted by Crippen LogP contribution is 2.41. The average molecular weight is 265 g/mol. The van der Waals surface area contributed by atoms with Gasteiger partial charge in [-0.3, -0.25) is 14.9 Å². The molecule has 0 fully saturated rings. The number of carbonyl (C=O) groups excluding carboxylic acids is 1. The third-order valence-corrected chi connectivity index (χ3v) is 3.52. The van der Waals surface area contributed by atoms with Crippen LogP contribution in [-0.4, -0.2) is 27.5 Å². The van der Waals surface area contributed by atoms with Gasteiger partial charge in [0.1, 0.15) is 5.75 Å². The molecule has 0 saturated carbocycles. The fourth-order valence-corrected chi connectivity index (χ4v) is 2.47. The first-order valence-corrected chi connectivity index (χ1v) is 6.04. The van der Waals surface area contributed by atoms with Gasteiger partial charge < -0.3 is 9.84 Å². The Hall–Kier alpha value is -1.95. The molecule has 2 rings (SSSR count).